The normalized spacial score (nSPS) is 14.8. The summed E-state index contributed by atoms with van der Waals surface area (Å²) in [6, 6.07) is 7.41. The second kappa shape index (κ2) is 8.75. The molecule has 0 radical (unpaired) electrons. The predicted octanol–water partition coefficient (Wildman–Crippen LogP) is 1.63. The molecule has 1 aliphatic heterocycles. The largest absolute Gasteiger partial charge is 0.451 e. The molecule has 0 atom stereocenters. The summed E-state index contributed by atoms with van der Waals surface area (Å²) in [5, 5.41) is 10.7. The maximum Gasteiger partial charge on any atom is 0.287 e. The first-order chi connectivity index (χ1) is 15.2. The van der Waals surface area contributed by atoms with Crippen molar-refractivity contribution in [2.24, 2.45) is 0 Å². The van der Waals surface area contributed by atoms with Crippen LogP contribution in [0.25, 0.3) is 17.0 Å². The summed E-state index contributed by atoms with van der Waals surface area (Å²) in [5.41, 5.74) is 2.69. The minimum Gasteiger partial charge on any atom is -0.451 e. The minimum atomic E-state index is -0.249. The van der Waals surface area contributed by atoms with Gasteiger partial charge in [-0.2, -0.15) is 5.10 Å². The van der Waals surface area contributed by atoms with Crippen LogP contribution in [0.4, 0.5) is 0 Å². The highest BCUT2D eigenvalue weighted by molar-refractivity contribution is 5.92. The van der Waals surface area contributed by atoms with Crippen molar-refractivity contribution in [2.45, 2.75) is 13.1 Å². The molecule has 5 rings (SSSR count). The maximum atomic E-state index is 12.5. The number of rotatable bonds is 7. The summed E-state index contributed by atoms with van der Waals surface area (Å²) in [6.07, 6.45) is 9.29. The van der Waals surface area contributed by atoms with Gasteiger partial charge in [-0.15, -0.1) is 0 Å². The Morgan fingerprint density at radius 3 is 2.97 bits per heavy atom. The van der Waals surface area contributed by atoms with Crippen LogP contribution in [0.1, 0.15) is 16.1 Å². The fourth-order valence-electron chi connectivity index (χ4n) is 3.74. The third-order valence-electron chi connectivity index (χ3n) is 5.52. The highest BCUT2D eigenvalue weighted by atomic mass is 16.3. The predicted molar refractivity (Wildman–Crippen MR) is 116 cm³/mol. The number of amides is 1. The summed E-state index contributed by atoms with van der Waals surface area (Å²) < 4.78 is 9.63. The second-order valence-electron chi connectivity index (χ2n) is 7.66. The molecule has 4 aromatic rings. The Kier molecular flexibility index (Phi) is 5.51. The van der Waals surface area contributed by atoms with E-state index in [2.05, 4.69) is 25.6 Å². The number of hydrogen-bond acceptors (Lipinski definition) is 6. The summed E-state index contributed by atoms with van der Waals surface area (Å²) in [6.45, 7) is 6.43. The van der Waals surface area contributed by atoms with Crippen LogP contribution in [0.2, 0.25) is 0 Å². The van der Waals surface area contributed by atoms with Crippen molar-refractivity contribution in [1.82, 2.24) is 34.7 Å². The van der Waals surface area contributed by atoms with Crippen molar-refractivity contribution < 1.29 is 9.21 Å². The fourth-order valence-corrected chi connectivity index (χ4v) is 3.74. The molecule has 1 fully saturated rings. The SMILES string of the molecule is O=C(NCc1ccn2ccnc2c1)c1ccc(-c2cnn(CCN3CCNCC3)c2)o1. The first-order valence-corrected chi connectivity index (χ1v) is 10.5. The van der Waals surface area contributed by atoms with E-state index in [1.165, 1.54) is 0 Å². The molecule has 0 aromatic carbocycles. The van der Waals surface area contributed by atoms with E-state index in [0.29, 0.717) is 12.3 Å². The molecule has 1 aliphatic rings. The number of pyridine rings is 1. The molecular weight excluding hydrogens is 394 g/mol. The van der Waals surface area contributed by atoms with Gasteiger partial charge in [0.2, 0.25) is 0 Å². The third-order valence-corrected chi connectivity index (χ3v) is 5.52. The third kappa shape index (κ3) is 4.52. The standard InChI is InChI=1S/C22H25N7O2/c30-22(25-14-17-3-7-28-10-6-24-21(28)13-17)20-2-1-19(31-20)18-15-26-29(16-18)12-11-27-8-4-23-5-9-27/h1-3,6-7,10,13,15-16,23H,4-5,8-9,11-12,14H2,(H,25,30). The lowest BCUT2D eigenvalue weighted by molar-refractivity contribution is 0.0924. The van der Waals surface area contributed by atoms with E-state index in [9.17, 15) is 4.79 Å². The van der Waals surface area contributed by atoms with Gasteiger partial charge in [0.1, 0.15) is 11.4 Å². The van der Waals surface area contributed by atoms with Crippen molar-refractivity contribution in [2.75, 3.05) is 32.7 Å². The smallest absolute Gasteiger partial charge is 0.287 e. The molecule has 9 nitrogen and oxygen atoms in total. The summed E-state index contributed by atoms with van der Waals surface area (Å²) >= 11 is 0. The lowest BCUT2D eigenvalue weighted by atomic mass is 10.2. The van der Waals surface area contributed by atoms with Gasteiger partial charge < -0.3 is 19.5 Å². The number of hydrogen-bond donors (Lipinski definition) is 2. The Labute approximate surface area is 179 Å². The Bertz CT molecular complexity index is 1170. The summed E-state index contributed by atoms with van der Waals surface area (Å²) in [5.74, 6) is 0.670. The minimum absolute atomic E-state index is 0.249. The zero-order chi connectivity index (χ0) is 21.0. The van der Waals surface area contributed by atoms with Gasteiger partial charge in [-0.1, -0.05) is 0 Å². The van der Waals surface area contributed by atoms with Crippen LogP contribution < -0.4 is 10.6 Å². The number of fused-ring (bicyclic) bond motifs is 1. The van der Waals surface area contributed by atoms with Crippen molar-refractivity contribution in [3.8, 4) is 11.3 Å². The van der Waals surface area contributed by atoms with Gasteiger partial charge in [-0.05, 0) is 29.8 Å². The molecule has 2 N–H and O–H groups in total. The lowest BCUT2D eigenvalue weighted by Crippen LogP contribution is -2.44. The molecule has 0 unspecified atom stereocenters. The van der Waals surface area contributed by atoms with Gasteiger partial charge >= 0.3 is 0 Å². The Morgan fingerprint density at radius 2 is 2.06 bits per heavy atom. The van der Waals surface area contributed by atoms with Gasteiger partial charge in [0.05, 0.1) is 18.3 Å². The van der Waals surface area contributed by atoms with Crippen molar-refractivity contribution in [3.63, 3.8) is 0 Å². The Balaban J connectivity index is 1.17. The maximum absolute atomic E-state index is 12.5. The van der Waals surface area contributed by atoms with Gasteiger partial charge in [0.15, 0.2) is 5.76 Å². The highest BCUT2D eigenvalue weighted by Gasteiger charge is 2.14. The van der Waals surface area contributed by atoms with Crippen LogP contribution in [0.5, 0.6) is 0 Å². The topological polar surface area (TPSA) is 92.6 Å². The van der Waals surface area contributed by atoms with Crippen molar-refractivity contribution >= 4 is 11.6 Å². The monoisotopic (exact) mass is 419 g/mol. The number of piperazine rings is 1. The molecule has 0 spiro atoms. The molecule has 4 aromatic heterocycles. The Hall–Kier alpha value is -3.43. The number of carbonyl (C=O) groups excluding carboxylic acids is 1. The molecule has 160 valence electrons. The molecule has 1 amide bonds. The van der Waals surface area contributed by atoms with E-state index in [4.69, 9.17) is 4.42 Å². The van der Waals surface area contributed by atoms with Gasteiger partial charge in [-0.25, -0.2) is 4.98 Å². The van der Waals surface area contributed by atoms with Crippen LogP contribution in [-0.2, 0) is 13.1 Å². The molecule has 0 bridgehead atoms. The molecule has 5 heterocycles. The number of nitrogens with zero attached hydrogens (tertiary/aromatic N) is 5. The Morgan fingerprint density at radius 1 is 1.16 bits per heavy atom. The fraction of sp³-hybridized carbons (Fsp3) is 0.318. The van der Waals surface area contributed by atoms with E-state index in [1.807, 2.05) is 45.9 Å². The zero-order valence-corrected chi connectivity index (χ0v) is 17.2. The lowest BCUT2D eigenvalue weighted by Gasteiger charge is -2.26. The van der Waals surface area contributed by atoms with E-state index in [-0.39, 0.29) is 11.7 Å². The number of furan rings is 1. The van der Waals surface area contributed by atoms with E-state index < -0.39 is 0 Å². The van der Waals surface area contributed by atoms with Gasteiger partial charge in [-0.3, -0.25) is 14.4 Å². The van der Waals surface area contributed by atoms with E-state index in [1.54, 1.807) is 18.5 Å². The van der Waals surface area contributed by atoms with Crippen molar-refractivity contribution in [3.05, 3.63) is 66.6 Å². The van der Waals surface area contributed by atoms with Gasteiger partial charge in [0.25, 0.3) is 5.91 Å². The number of imidazole rings is 1. The molecular formula is C22H25N7O2. The van der Waals surface area contributed by atoms with E-state index in [0.717, 1.165) is 56.0 Å². The van der Waals surface area contributed by atoms with Crippen LogP contribution in [0.3, 0.4) is 0 Å². The average molecular weight is 419 g/mol. The van der Waals surface area contributed by atoms with Crippen LogP contribution in [0.15, 0.2) is 59.7 Å². The number of carbonyl (C=O) groups is 1. The van der Waals surface area contributed by atoms with Crippen LogP contribution in [-0.4, -0.2) is 62.7 Å². The molecule has 0 saturated carbocycles. The quantitative estimate of drug-likeness (QED) is 0.473. The number of nitrogens with one attached hydrogen (secondary N) is 2. The molecule has 9 heteroatoms. The highest BCUT2D eigenvalue weighted by Crippen LogP contribution is 2.21. The summed E-state index contributed by atoms with van der Waals surface area (Å²) in [7, 11) is 0. The second-order valence-corrected chi connectivity index (χ2v) is 7.66. The van der Waals surface area contributed by atoms with Crippen LogP contribution >= 0.6 is 0 Å². The first kappa shape index (κ1) is 19.5. The molecule has 31 heavy (non-hydrogen) atoms. The molecule has 1 saturated heterocycles. The first-order valence-electron chi connectivity index (χ1n) is 10.5. The van der Waals surface area contributed by atoms with Crippen molar-refractivity contribution in [1.29, 1.82) is 0 Å². The van der Waals surface area contributed by atoms with Crippen LogP contribution in [0, 0.1) is 0 Å². The molecule has 0 aliphatic carbocycles. The number of aromatic nitrogens is 4. The zero-order valence-electron chi connectivity index (χ0n) is 17.2. The summed E-state index contributed by atoms with van der Waals surface area (Å²) in [4.78, 5) is 19.2. The van der Waals surface area contributed by atoms with E-state index >= 15 is 0 Å². The average Bonchev–Trinajstić information content (AvgIpc) is 3.56. The van der Waals surface area contributed by atoms with Gasteiger partial charge in [0, 0.05) is 64.1 Å².